The van der Waals surface area contributed by atoms with Crippen molar-refractivity contribution in [3.8, 4) is 0 Å². The SMILES string of the molecule is Fc1cc2c(cc1Cl)nc(CCCl)n2CC1CCSC1. The van der Waals surface area contributed by atoms with Gasteiger partial charge in [-0.2, -0.15) is 11.8 Å². The van der Waals surface area contributed by atoms with E-state index in [9.17, 15) is 4.39 Å². The number of alkyl halides is 1. The number of imidazole rings is 1. The van der Waals surface area contributed by atoms with Crippen LogP contribution in [0.4, 0.5) is 4.39 Å². The van der Waals surface area contributed by atoms with Crippen LogP contribution in [0.25, 0.3) is 11.0 Å². The summed E-state index contributed by atoms with van der Waals surface area (Å²) < 4.78 is 15.9. The number of hydrogen-bond donors (Lipinski definition) is 0. The minimum Gasteiger partial charge on any atom is -0.328 e. The largest absolute Gasteiger partial charge is 0.328 e. The summed E-state index contributed by atoms with van der Waals surface area (Å²) in [5.74, 6) is 4.05. The monoisotopic (exact) mass is 332 g/mol. The van der Waals surface area contributed by atoms with Crippen molar-refractivity contribution in [1.82, 2.24) is 9.55 Å². The predicted molar refractivity (Wildman–Crippen MR) is 84.6 cm³/mol. The van der Waals surface area contributed by atoms with Gasteiger partial charge in [0.2, 0.25) is 0 Å². The number of rotatable bonds is 4. The average Bonchev–Trinajstić information content (AvgIpc) is 3.02. The lowest BCUT2D eigenvalue weighted by Crippen LogP contribution is -2.13. The van der Waals surface area contributed by atoms with Crippen molar-refractivity contribution in [1.29, 1.82) is 0 Å². The van der Waals surface area contributed by atoms with Crippen molar-refractivity contribution < 1.29 is 4.39 Å². The highest BCUT2D eigenvalue weighted by Crippen LogP contribution is 2.29. The summed E-state index contributed by atoms with van der Waals surface area (Å²) in [6.07, 6.45) is 1.90. The lowest BCUT2D eigenvalue weighted by Gasteiger charge is -2.13. The molecule has 2 heterocycles. The van der Waals surface area contributed by atoms with E-state index >= 15 is 0 Å². The topological polar surface area (TPSA) is 17.8 Å². The molecule has 20 heavy (non-hydrogen) atoms. The van der Waals surface area contributed by atoms with E-state index in [-0.39, 0.29) is 5.02 Å². The molecule has 2 nitrogen and oxygen atoms in total. The van der Waals surface area contributed by atoms with E-state index in [1.54, 1.807) is 6.07 Å². The second kappa shape index (κ2) is 6.12. The van der Waals surface area contributed by atoms with Crippen LogP contribution in [0.15, 0.2) is 12.1 Å². The van der Waals surface area contributed by atoms with Gasteiger partial charge in [-0.3, -0.25) is 0 Å². The van der Waals surface area contributed by atoms with Crippen molar-refractivity contribution in [2.45, 2.75) is 19.4 Å². The van der Waals surface area contributed by atoms with Crippen LogP contribution in [0.2, 0.25) is 5.02 Å². The number of fused-ring (bicyclic) bond motifs is 1. The van der Waals surface area contributed by atoms with Gasteiger partial charge in [0.15, 0.2) is 0 Å². The van der Waals surface area contributed by atoms with E-state index in [2.05, 4.69) is 9.55 Å². The summed E-state index contributed by atoms with van der Waals surface area (Å²) in [5, 5.41) is 0.121. The van der Waals surface area contributed by atoms with Gasteiger partial charge in [0.05, 0.1) is 16.1 Å². The zero-order valence-corrected chi connectivity index (χ0v) is 13.2. The zero-order chi connectivity index (χ0) is 14.1. The summed E-state index contributed by atoms with van der Waals surface area (Å²) in [5.41, 5.74) is 1.58. The van der Waals surface area contributed by atoms with Gasteiger partial charge in [0.1, 0.15) is 11.6 Å². The van der Waals surface area contributed by atoms with Crippen molar-refractivity contribution in [3.05, 3.63) is 28.8 Å². The first-order valence-electron chi connectivity index (χ1n) is 6.67. The van der Waals surface area contributed by atoms with Crippen LogP contribution >= 0.6 is 35.0 Å². The summed E-state index contributed by atoms with van der Waals surface area (Å²) in [7, 11) is 0. The van der Waals surface area contributed by atoms with Gasteiger partial charge in [-0.05, 0) is 29.9 Å². The molecule has 2 aromatic rings. The lowest BCUT2D eigenvalue weighted by atomic mass is 10.1. The first kappa shape index (κ1) is 14.5. The van der Waals surface area contributed by atoms with Gasteiger partial charge >= 0.3 is 0 Å². The van der Waals surface area contributed by atoms with Crippen LogP contribution in [-0.2, 0) is 13.0 Å². The molecule has 1 aromatic carbocycles. The van der Waals surface area contributed by atoms with E-state index in [1.807, 2.05) is 11.8 Å². The van der Waals surface area contributed by atoms with E-state index in [1.165, 1.54) is 18.2 Å². The number of hydrogen-bond acceptors (Lipinski definition) is 2. The first-order chi connectivity index (χ1) is 9.69. The second-order valence-corrected chi connectivity index (χ2v) is 7.00. The third kappa shape index (κ3) is 2.78. The Bertz CT molecular complexity index is 623. The van der Waals surface area contributed by atoms with Crippen molar-refractivity contribution >= 4 is 46.0 Å². The maximum atomic E-state index is 13.7. The number of aryl methyl sites for hydroxylation is 1. The summed E-state index contributed by atoms with van der Waals surface area (Å²) >= 11 is 13.7. The van der Waals surface area contributed by atoms with Crippen LogP contribution < -0.4 is 0 Å². The van der Waals surface area contributed by atoms with Gasteiger partial charge in [-0.25, -0.2) is 9.37 Å². The predicted octanol–water partition coefficient (Wildman–Crippen LogP) is 4.36. The lowest BCUT2D eigenvalue weighted by molar-refractivity contribution is 0.489. The van der Waals surface area contributed by atoms with Crippen LogP contribution in [-0.4, -0.2) is 26.9 Å². The molecule has 0 radical (unpaired) electrons. The molecule has 3 rings (SSSR count). The Balaban J connectivity index is 2.04. The van der Waals surface area contributed by atoms with Gasteiger partial charge in [-0.15, -0.1) is 11.6 Å². The molecule has 108 valence electrons. The highest BCUT2D eigenvalue weighted by atomic mass is 35.5. The van der Waals surface area contributed by atoms with E-state index in [0.29, 0.717) is 18.2 Å². The standard InChI is InChI=1S/C14H15Cl2FN2S/c15-3-1-14-18-12-5-10(16)11(17)6-13(12)19(14)7-9-2-4-20-8-9/h5-6,9H,1-4,7-8H2. The van der Waals surface area contributed by atoms with Crippen LogP contribution in [0.1, 0.15) is 12.2 Å². The second-order valence-electron chi connectivity index (χ2n) is 5.06. The minimum atomic E-state index is -0.390. The smallest absolute Gasteiger partial charge is 0.144 e. The molecule has 1 aromatic heterocycles. The Morgan fingerprint density at radius 1 is 1.45 bits per heavy atom. The minimum absolute atomic E-state index is 0.121. The van der Waals surface area contributed by atoms with Crippen LogP contribution in [0.3, 0.4) is 0 Å². The van der Waals surface area contributed by atoms with Crippen molar-refractivity contribution in [2.24, 2.45) is 5.92 Å². The number of benzene rings is 1. The summed E-state index contributed by atoms with van der Waals surface area (Å²) in [6, 6.07) is 3.09. The van der Waals surface area contributed by atoms with Crippen molar-refractivity contribution in [2.75, 3.05) is 17.4 Å². The Kier molecular flexibility index (Phi) is 4.43. The fourth-order valence-corrected chi connectivity index (χ4v) is 4.23. The number of nitrogens with zero attached hydrogens (tertiary/aromatic N) is 2. The molecule has 1 unspecified atom stereocenters. The third-order valence-corrected chi connectivity index (χ3v) is 5.36. The summed E-state index contributed by atoms with van der Waals surface area (Å²) in [6.45, 7) is 0.886. The Hall–Kier alpha value is -0.450. The molecule has 0 spiro atoms. The number of thioether (sulfide) groups is 1. The van der Waals surface area contributed by atoms with Gasteiger partial charge in [0, 0.05) is 24.9 Å². The molecule has 1 aliphatic heterocycles. The molecule has 1 atom stereocenters. The summed E-state index contributed by atoms with van der Waals surface area (Å²) in [4.78, 5) is 4.57. The number of aromatic nitrogens is 2. The maximum absolute atomic E-state index is 13.7. The van der Waals surface area contributed by atoms with E-state index < -0.39 is 5.82 Å². The van der Waals surface area contributed by atoms with Crippen LogP contribution in [0, 0.1) is 11.7 Å². The molecule has 0 bridgehead atoms. The molecular formula is C14H15Cl2FN2S. The van der Waals surface area contributed by atoms with Gasteiger partial charge in [-0.1, -0.05) is 11.6 Å². The molecular weight excluding hydrogens is 318 g/mol. The molecule has 1 aliphatic rings. The molecule has 1 fully saturated rings. The Morgan fingerprint density at radius 2 is 2.30 bits per heavy atom. The number of halogens is 3. The first-order valence-corrected chi connectivity index (χ1v) is 8.73. The normalized spacial score (nSPS) is 19.1. The Labute approximate surface area is 131 Å². The fourth-order valence-electron chi connectivity index (χ4n) is 2.63. The molecule has 6 heteroatoms. The van der Waals surface area contributed by atoms with E-state index in [4.69, 9.17) is 23.2 Å². The van der Waals surface area contributed by atoms with Crippen LogP contribution in [0.5, 0.6) is 0 Å². The van der Waals surface area contributed by atoms with Gasteiger partial charge in [0.25, 0.3) is 0 Å². The molecule has 0 amide bonds. The molecule has 0 saturated carbocycles. The highest BCUT2D eigenvalue weighted by Gasteiger charge is 2.20. The molecule has 0 aliphatic carbocycles. The zero-order valence-electron chi connectivity index (χ0n) is 10.9. The van der Waals surface area contributed by atoms with Crippen molar-refractivity contribution in [3.63, 3.8) is 0 Å². The quantitative estimate of drug-likeness (QED) is 0.774. The fraction of sp³-hybridized carbons (Fsp3) is 0.500. The highest BCUT2D eigenvalue weighted by molar-refractivity contribution is 7.99. The maximum Gasteiger partial charge on any atom is 0.144 e. The van der Waals surface area contributed by atoms with Gasteiger partial charge < -0.3 is 4.57 Å². The van der Waals surface area contributed by atoms with E-state index in [0.717, 1.165) is 29.2 Å². The Morgan fingerprint density at radius 3 is 3.00 bits per heavy atom. The molecule has 0 N–H and O–H groups in total. The molecule has 1 saturated heterocycles. The average molecular weight is 333 g/mol. The third-order valence-electron chi connectivity index (χ3n) is 3.65.